The highest BCUT2D eigenvalue weighted by molar-refractivity contribution is 7.90. The minimum atomic E-state index is -3.46. The number of piperidine rings is 1. The van der Waals surface area contributed by atoms with Gasteiger partial charge in [-0.2, -0.15) is 12.7 Å². The molecule has 0 spiro atoms. The van der Waals surface area contributed by atoms with Gasteiger partial charge >= 0.3 is 10.2 Å². The average Bonchev–Trinajstić information content (AvgIpc) is 2.40. The Labute approximate surface area is 114 Å². The number of aliphatic hydroxyl groups is 1. The molecule has 19 heavy (non-hydrogen) atoms. The molecule has 5 nitrogen and oxygen atoms in total. The van der Waals surface area contributed by atoms with Gasteiger partial charge in [-0.05, 0) is 36.5 Å². The molecule has 1 saturated heterocycles. The van der Waals surface area contributed by atoms with Crippen LogP contribution in [0.2, 0.25) is 0 Å². The van der Waals surface area contributed by atoms with Crippen molar-refractivity contribution >= 4 is 15.9 Å². The highest BCUT2D eigenvalue weighted by Gasteiger charge is 2.26. The van der Waals surface area contributed by atoms with E-state index in [2.05, 4.69) is 11.6 Å². The van der Waals surface area contributed by atoms with E-state index in [9.17, 15) is 8.42 Å². The van der Waals surface area contributed by atoms with Crippen LogP contribution in [0.4, 0.5) is 5.69 Å². The van der Waals surface area contributed by atoms with Crippen molar-refractivity contribution in [1.82, 2.24) is 4.31 Å². The van der Waals surface area contributed by atoms with Crippen molar-refractivity contribution in [3.63, 3.8) is 0 Å². The summed E-state index contributed by atoms with van der Waals surface area (Å²) < 4.78 is 28.4. The molecule has 106 valence electrons. The number of aliphatic hydroxyl groups excluding tert-OH is 1. The molecule has 1 heterocycles. The van der Waals surface area contributed by atoms with E-state index in [0.29, 0.717) is 24.7 Å². The molecule has 1 aromatic rings. The highest BCUT2D eigenvalue weighted by atomic mass is 32.2. The number of nitrogens with zero attached hydrogens (tertiary/aromatic N) is 1. The van der Waals surface area contributed by atoms with Crippen LogP contribution < -0.4 is 4.72 Å². The molecule has 0 radical (unpaired) electrons. The molecule has 1 aromatic carbocycles. The van der Waals surface area contributed by atoms with Crippen LogP contribution in [0.3, 0.4) is 0 Å². The maximum Gasteiger partial charge on any atom is 0.301 e. The SMILES string of the molecule is CC1CCN(S(=O)(=O)Nc2ccc(CO)cc2)CC1. The van der Waals surface area contributed by atoms with Gasteiger partial charge in [0, 0.05) is 18.8 Å². The maximum absolute atomic E-state index is 12.2. The number of benzene rings is 1. The van der Waals surface area contributed by atoms with Crippen LogP contribution in [0, 0.1) is 5.92 Å². The Hall–Kier alpha value is -1.11. The second-order valence-corrected chi connectivity index (χ2v) is 6.71. The second-order valence-electron chi connectivity index (χ2n) is 5.04. The summed E-state index contributed by atoms with van der Waals surface area (Å²) in [7, 11) is -3.46. The molecule has 0 saturated carbocycles. The van der Waals surface area contributed by atoms with Crippen molar-refractivity contribution in [1.29, 1.82) is 0 Å². The summed E-state index contributed by atoms with van der Waals surface area (Å²) in [6.07, 6.45) is 1.81. The van der Waals surface area contributed by atoms with Crippen molar-refractivity contribution in [3.8, 4) is 0 Å². The van der Waals surface area contributed by atoms with E-state index < -0.39 is 10.2 Å². The minimum absolute atomic E-state index is 0.0446. The molecule has 0 unspecified atom stereocenters. The Balaban J connectivity index is 2.03. The lowest BCUT2D eigenvalue weighted by Crippen LogP contribution is -2.41. The molecule has 2 N–H and O–H groups in total. The van der Waals surface area contributed by atoms with Gasteiger partial charge in [-0.1, -0.05) is 19.1 Å². The van der Waals surface area contributed by atoms with Crippen molar-refractivity contribution < 1.29 is 13.5 Å². The molecule has 1 aliphatic rings. The summed E-state index contributed by atoms with van der Waals surface area (Å²) in [6, 6.07) is 6.73. The van der Waals surface area contributed by atoms with E-state index in [-0.39, 0.29) is 6.61 Å². The smallest absolute Gasteiger partial charge is 0.301 e. The molecule has 0 aromatic heterocycles. The van der Waals surface area contributed by atoms with Crippen LogP contribution in [0.15, 0.2) is 24.3 Å². The Morgan fingerprint density at radius 3 is 2.37 bits per heavy atom. The topological polar surface area (TPSA) is 69.6 Å². The van der Waals surface area contributed by atoms with E-state index in [1.54, 1.807) is 24.3 Å². The van der Waals surface area contributed by atoms with Crippen molar-refractivity contribution in [2.45, 2.75) is 26.4 Å². The normalized spacial score (nSPS) is 18.4. The van der Waals surface area contributed by atoms with E-state index in [4.69, 9.17) is 5.11 Å². The first-order chi connectivity index (χ1) is 9.01. The van der Waals surface area contributed by atoms with Crippen molar-refractivity contribution in [2.75, 3.05) is 17.8 Å². The Morgan fingerprint density at radius 2 is 1.84 bits per heavy atom. The standard InChI is InChI=1S/C13H20N2O3S/c1-11-6-8-15(9-7-11)19(17,18)14-13-4-2-12(10-16)3-5-13/h2-5,11,14,16H,6-10H2,1H3. The summed E-state index contributed by atoms with van der Waals surface area (Å²) in [5.74, 6) is 0.593. The summed E-state index contributed by atoms with van der Waals surface area (Å²) in [4.78, 5) is 0. The minimum Gasteiger partial charge on any atom is -0.392 e. The van der Waals surface area contributed by atoms with Crippen LogP contribution in [0.25, 0.3) is 0 Å². The fraction of sp³-hybridized carbons (Fsp3) is 0.538. The summed E-state index contributed by atoms with van der Waals surface area (Å²) in [5, 5.41) is 8.94. The zero-order chi connectivity index (χ0) is 13.9. The third-order valence-electron chi connectivity index (χ3n) is 3.47. The van der Waals surface area contributed by atoms with Crippen LogP contribution in [0.5, 0.6) is 0 Å². The number of nitrogens with one attached hydrogen (secondary N) is 1. The molecule has 6 heteroatoms. The molecule has 2 rings (SSSR count). The van der Waals surface area contributed by atoms with Crippen molar-refractivity contribution in [3.05, 3.63) is 29.8 Å². The number of rotatable bonds is 4. The molecular formula is C13H20N2O3S. The lowest BCUT2D eigenvalue weighted by Gasteiger charge is -2.29. The van der Waals surface area contributed by atoms with Crippen LogP contribution >= 0.6 is 0 Å². The quantitative estimate of drug-likeness (QED) is 0.881. The number of hydrogen-bond donors (Lipinski definition) is 2. The third kappa shape index (κ3) is 3.68. The van der Waals surface area contributed by atoms with E-state index in [0.717, 1.165) is 18.4 Å². The van der Waals surface area contributed by atoms with Crippen LogP contribution in [-0.2, 0) is 16.8 Å². The predicted octanol–water partition coefficient (Wildman–Crippen LogP) is 1.57. The molecular weight excluding hydrogens is 264 g/mol. The number of hydrogen-bond acceptors (Lipinski definition) is 3. The third-order valence-corrected chi connectivity index (χ3v) is 5.00. The van der Waals surface area contributed by atoms with Gasteiger partial charge in [0.25, 0.3) is 0 Å². The van der Waals surface area contributed by atoms with E-state index in [1.807, 2.05) is 0 Å². The average molecular weight is 284 g/mol. The summed E-state index contributed by atoms with van der Waals surface area (Å²) in [5.41, 5.74) is 1.28. The molecule has 0 atom stereocenters. The monoisotopic (exact) mass is 284 g/mol. The zero-order valence-corrected chi connectivity index (χ0v) is 11.9. The molecule has 1 fully saturated rings. The van der Waals surface area contributed by atoms with Gasteiger partial charge in [-0.15, -0.1) is 0 Å². The summed E-state index contributed by atoms with van der Waals surface area (Å²) in [6.45, 7) is 3.25. The van der Waals surface area contributed by atoms with Gasteiger partial charge in [0.1, 0.15) is 0 Å². The lowest BCUT2D eigenvalue weighted by molar-refractivity contribution is 0.282. The maximum atomic E-state index is 12.2. The first-order valence-corrected chi connectivity index (χ1v) is 7.93. The van der Waals surface area contributed by atoms with Gasteiger partial charge < -0.3 is 5.11 Å². The van der Waals surface area contributed by atoms with Crippen molar-refractivity contribution in [2.24, 2.45) is 5.92 Å². The molecule has 1 aliphatic heterocycles. The van der Waals surface area contributed by atoms with Gasteiger partial charge in [0.2, 0.25) is 0 Å². The largest absolute Gasteiger partial charge is 0.392 e. The van der Waals surface area contributed by atoms with E-state index in [1.165, 1.54) is 4.31 Å². The van der Waals surface area contributed by atoms with Gasteiger partial charge in [0.15, 0.2) is 0 Å². The fourth-order valence-electron chi connectivity index (χ4n) is 2.12. The van der Waals surface area contributed by atoms with Crippen LogP contribution in [0.1, 0.15) is 25.3 Å². The Bertz CT molecular complexity index is 505. The lowest BCUT2D eigenvalue weighted by atomic mass is 10.0. The zero-order valence-electron chi connectivity index (χ0n) is 11.0. The van der Waals surface area contributed by atoms with Gasteiger partial charge in [0.05, 0.1) is 6.61 Å². The molecule has 0 amide bonds. The predicted molar refractivity (Wildman–Crippen MR) is 74.9 cm³/mol. The summed E-state index contributed by atoms with van der Waals surface area (Å²) >= 11 is 0. The van der Waals surface area contributed by atoms with E-state index >= 15 is 0 Å². The van der Waals surface area contributed by atoms with Gasteiger partial charge in [-0.3, -0.25) is 4.72 Å². The highest BCUT2D eigenvalue weighted by Crippen LogP contribution is 2.20. The second kappa shape index (κ2) is 5.90. The Morgan fingerprint density at radius 1 is 1.26 bits per heavy atom. The first-order valence-electron chi connectivity index (χ1n) is 6.49. The Kier molecular flexibility index (Phi) is 4.44. The van der Waals surface area contributed by atoms with Crippen LogP contribution in [-0.4, -0.2) is 30.9 Å². The first kappa shape index (κ1) is 14.3. The molecule has 0 aliphatic carbocycles. The fourth-order valence-corrected chi connectivity index (χ4v) is 3.37. The van der Waals surface area contributed by atoms with Gasteiger partial charge in [-0.25, -0.2) is 0 Å². The molecule has 0 bridgehead atoms. The number of anilines is 1.